The van der Waals surface area contributed by atoms with Gasteiger partial charge in [0.15, 0.2) is 0 Å². The Bertz CT molecular complexity index is 554. The Kier molecular flexibility index (Phi) is 5.61. The minimum atomic E-state index is -0.229. The van der Waals surface area contributed by atoms with E-state index in [0.717, 1.165) is 25.9 Å². The van der Waals surface area contributed by atoms with Crippen molar-refractivity contribution in [2.24, 2.45) is 0 Å². The summed E-state index contributed by atoms with van der Waals surface area (Å²) in [5, 5.41) is 10.7. The van der Waals surface area contributed by atoms with E-state index < -0.39 is 0 Å². The summed E-state index contributed by atoms with van der Waals surface area (Å²) in [4.78, 5) is 12.2. The Morgan fingerprint density at radius 3 is 2.81 bits per heavy atom. The molecule has 112 valence electrons. The van der Waals surface area contributed by atoms with Gasteiger partial charge in [-0.1, -0.05) is 18.3 Å². The number of carbonyl (C=O) groups excluding carboxylic acids is 1. The number of nitrogens with zero attached hydrogens (tertiary/aromatic N) is 1. The monoisotopic (exact) mass is 288 g/mol. The van der Waals surface area contributed by atoms with Crippen LogP contribution in [0.4, 0.5) is 0 Å². The van der Waals surface area contributed by atoms with E-state index in [9.17, 15) is 4.79 Å². The fraction of sp³-hybridized carbons (Fsp3) is 0.438. The molecule has 1 aromatic rings. The number of amides is 1. The molecule has 0 spiro atoms. The van der Waals surface area contributed by atoms with E-state index >= 15 is 0 Å². The number of hydrogen-bond acceptors (Lipinski definition) is 4. The molecular formula is C16H20N2O3. The van der Waals surface area contributed by atoms with E-state index in [2.05, 4.69) is 17.3 Å². The van der Waals surface area contributed by atoms with Gasteiger partial charge in [0.05, 0.1) is 12.7 Å². The van der Waals surface area contributed by atoms with Crippen LogP contribution in [-0.2, 0) is 0 Å². The summed E-state index contributed by atoms with van der Waals surface area (Å²) in [5.74, 6) is 5.81. The Hall–Kier alpha value is -2.03. The predicted octanol–water partition coefficient (Wildman–Crippen LogP) is 1.17. The summed E-state index contributed by atoms with van der Waals surface area (Å²) in [7, 11) is 1.55. The summed E-state index contributed by atoms with van der Waals surface area (Å²) < 4.78 is 5.20. The van der Waals surface area contributed by atoms with Crippen LogP contribution in [0.5, 0.6) is 5.75 Å². The third-order valence-electron chi connectivity index (χ3n) is 3.38. The molecule has 1 saturated heterocycles. The molecule has 1 aliphatic rings. The molecule has 21 heavy (non-hydrogen) atoms. The zero-order chi connectivity index (χ0) is 15.1. The Labute approximate surface area is 124 Å². The second-order valence-corrected chi connectivity index (χ2v) is 4.86. The second kappa shape index (κ2) is 7.67. The van der Waals surface area contributed by atoms with Gasteiger partial charge in [-0.05, 0) is 31.0 Å². The lowest BCUT2D eigenvalue weighted by Crippen LogP contribution is -2.45. The van der Waals surface area contributed by atoms with Gasteiger partial charge in [0, 0.05) is 18.7 Å². The zero-order valence-corrected chi connectivity index (χ0v) is 12.2. The standard InChI is InChI=1S/C16H20N2O3/c1-21-15-8-7-14(12-13(15)6-5-11-19)16(20)17-18-9-3-2-4-10-18/h7-8,12,19H,2-4,9-11H2,1H3,(H,17,20). The highest BCUT2D eigenvalue weighted by molar-refractivity contribution is 5.94. The molecule has 1 heterocycles. The molecule has 2 rings (SSSR count). The molecule has 1 fully saturated rings. The van der Waals surface area contributed by atoms with Crippen molar-refractivity contribution in [3.05, 3.63) is 29.3 Å². The predicted molar refractivity (Wildman–Crippen MR) is 79.8 cm³/mol. The topological polar surface area (TPSA) is 61.8 Å². The highest BCUT2D eigenvalue weighted by Gasteiger charge is 2.15. The molecular weight excluding hydrogens is 268 g/mol. The van der Waals surface area contributed by atoms with Gasteiger partial charge >= 0.3 is 0 Å². The van der Waals surface area contributed by atoms with Gasteiger partial charge in [-0.15, -0.1) is 0 Å². The molecule has 0 aliphatic carbocycles. The van der Waals surface area contributed by atoms with Crippen molar-refractivity contribution in [2.75, 3.05) is 26.8 Å². The van der Waals surface area contributed by atoms with Gasteiger partial charge in [-0.25, -0.2) is 5.01 Å². The van der Waals surface area contributed by atoms with Crippen LogP contribution < -0.4 is 10.2 Å². The Morgan fingerprint density at radius 1 is 1.38 bits per heavy atom. The third kappa shape index (κ3) is 4.22. The average molecular weight is 288 g/mol. The van der Waals surface area contributed by atoms with Gasteiger partial charge in [-0.2, -0.15) is 0 Å². The molecule has 0 atom stereocenters. The van der Waals surface area contributed by atoms with Crippen molar-refractivity contribution in [3.63, 3.8) is 0 Å². The summed E-state index contributed by atoms with van der Waals surface area (Å²) in [6, 6.07) is 5.11. The van der Waals surface area contributed by atoms with Gasteiger partial charge in [0.25, 0.3) is 5.91 Å². The fourth-order valence-electron chi connectivity index (χ4n) is 2.30. The number of rotatable bonds is 3. The van der Waals surface area contributed by atoms with Crippen LogP contribution in [0.3, 0.4) is 0 Å². The van der Waals surface area contributed by atoms with Crippen LogP contribution in [0.2, 0.25) is 0 Å². The number of carbonyl (C=O) groups is 1. The summed E-state index contributed by atoms with van der Waals surface area (Å²) in [6.07, 6.45) is 3.43. The molecule has 1 aliphatic heterocycles. The number of benzene rings is 1. The Balaban J connectivity index is 2.13. The Morgan fingerprint density at radius 2 is 2.14 bits per heavy atom. The maximum atomic E-state index is 12.2. The molecule has 0 bridgehead atoms. The molecule has 0 unspecified atom stereocenters. The van der Waals surface area contributed by atoms with Crippen molar-refractivity contribution in [1.82, 2.24) is 10.4 Å². The number of hydrazine groups is 1. The lowest BCUT2D eigenvalue weighted by molar-refractivity contribution is 0.0750. The maximum Gasteiger partial charge on any atom is 0.265 e. The van der Waals surface area contributed by atoms with Crippen LogP contribution in [0.15, 0.2) is 18.2 Å². The maximum absolute atomic E-state index is 12.2. The molecule has 2 N–H and O–H groups in total. The van der Waals surface area contributed by atoms with Crippen molar-refractivity contribution in [2.45, 2.75) is 19.3 Å². The van der Waals surface area contributed by atoms with E-state index in [0.29, 0.717) is 16.9 Å². The van der Waals surface area contributed by atoms with Crippen molar-refractivity contribution >= 4 is 5.91 Å². The lowest BCUT2D eigenvalue weighted by atomic mass is 10.1. The highest BCUT2D eigenvalue weighted by Crippen LogP contribution is 2.19. The van der Waals surface area contributed by atoms with E-state index in [1.807, 2.05) is 5.01 Å². The van der Waals surface area contributed by atoms with Gasteiger partial charge in [-0.3, -0.25) is 10.2 Å². The summed E-state index contributed by atoms with van der Waals surface area (Å²) in [6.45, 7) is 1.55. The third-order valence-corrected chi connectivity index (χ3v) is 3.38. The fourth-order valence-corrected chi connectivity index (χ4v) is 2.30. The number of piperidine rings is 1. The van der Waals surface area contributed by atoms with Crippen LogP contribution >= 0.6 is 0 Å². The van der Waals surface area contributed by atoms with Gasteiger partial charge in [0.1, 0.15) is 12.4 Å². The van der Waals surface area contributed by atoms with E-state index in [4.69, 9.17) is 9.84 Å². The van der Waals surface area contributed by atoms with Gasteiger partial charge < -0.3 is 9.84 Å². The SMILES string of the molecule is COc1ccc(C(=O)NN2CCCCC2)cc1C#CCO. The first kappa shape index (κ1) is 15.4. The van der Waals surface area contributed by atoms with Crippen molar-refractivity contribution in [3.8, 4) is 17.6 Å². The molecule has 0 aromatic heterocycles. The van der Waals surface area contributed by atoms with E-state index in [1.165, 1.54) is 6.42 Å². The number of aliphatic hydroxyl groups excluding tert-OH is 1. The summed E-state index contributed by atoms with van der Waals surface area (Å²) >= 11 is 0. The number of hydrogen-bond donors (Lipinski definition) is 2. The van der Waals surface area contributed by atoms with E-state index in [-0.39, 0.29) is 12.5 Å². The molecule has 5 nitrogen and oxygen atoms in total. The van der Waals surface area contributed by atoms with Crippen molar-refractivity contribution < 1.29 is 14.6 Å². The van der Waals surface area contributed by atoms with Crippen LogP contribution in [-0.4, -0.2) is 42.8 Å². The number of ether oxygens (including phenoxy) is 1. The van der Waals surface area contributed by atoms with E-state index in [1.54, 1.807) is 25.3 Å². The number of nitrogens with one attached hydrogen (secondary N) is 1. The molecule has 1 aromatic carbocycles. The molecule has 0 saturated carbocycles. The van der Waals surface area contributed by atoms with Crippen molar-refractivity contribution in [1.29, 1.82) is 0 Å². The van der Waals surface area contributed by atoms with Crippen LogP contribution in [0.25, 0.3) is 0 Å². The molecule has 0 radical (unpaired) electrons. The summed E-state index contributed by atoms with van der Waals surface area (Å²) in [5.41, 5.74) is 4.04. The molecule has 1 amide bonds. The largest absolute Gasteiger partial charge is 0.495 e. The number of aliphatic hydroxyl groups is 1. The quantitative estimate of drug-likeness (QED) is 0.820. The lowest BCUT2D eigenvalue weighted by Gasteiger charge is -2.26. The minimum Gasteiger partial charge on any atom is -0.495 e. The minimum absolute atomic E-state index is 0.147. The van der Waals surface area contributed by atoms with Crippen LogP contribution in [0.1, 0.15) is 35.2 Å². The number of methoxy groups -OCH3 is 1. The smallest absolute Gasteiger partial charge is 0.265 e. The normalized spacial score (nSPS) is 15.0. The van der Waals surface area contributed by atoms with Crippen LogP contribution in [0, 0.1) is 11.8 Å². The second-order valence-electron chi connectivity index (χ2n) is 4.86. The first-order chi connectivity index (χ1) is 10.2. The molecule has 5 heteroatoms. The zero-order valence-electron chi connectivity index (χ0n) is 12.2. The first-order valence-electron chi connectivity index (χ1n) is 7.08. The first-order valence-corrected chi connectivity index (χ1v) is 7.08. The average Bonchev–Trinajstić information content (AvgIpc) is 2.53. The highest BCUT2D eigenvalue weighted by atomic mass is 16.5. The van der Waals surface area contributed by atoms with Gasteiger partial charge in [0.2, 0.25) is 0 Å².